The van der Waals surface area contributed by atoms with Gasteiger partial charge in [-0.15, -0.1) is 0 Å². The van der Waals surface area contributed by atoms with E-state index in [-0.39, 0.29) is 5.54 Å². The van der Waals surface area contributed by atoms with E-state index in [0.717, 1.165) is 24.9 Å². The van der Waals surface area contributed by atoms with E-state index in [9.17, 15) is 0 Å². The van der Waals surface area contributed by atoms with Crippen molar-refractivity contribution in [3.8, 4) is 0 Å². The molecule has 1 saturated heterocycles. The molecule has 1 aromatic rings. The van der Waals surface area contributed by atoms with Crippen LogP contribution >= 0.6 is 0 Å². The summed E-state index contributed by atoms with van der Waals surface area (Å²) in [5.74, 6) is 1.76. The van der Waals surface area contributed by atoms with E-state index >= 15 is 0 Å². The molecule has 2 heterocycles. The standard InChI is InChI=1S/C12H20N4/c1-12(2,3)15-11-13-7-6-10(14-11)16-8-4-5-9-16/h6-7H,4-5,8-9H2,1-3H3,(H,13,14,15). The molecule has 1 aliphatic heterocycles. The lowest BCUT2D eigenvalue weighted by molar-refractivity contribution is 0.625. The lowest BCUT2D eigenvalue weighted by Gasteiger charge is -2.22. The van der Waals surface area contributed by atoms with Crippen LogP contribution < -0.4 is 10.2 Å². The Hall–Kier alpha value is -1.32. The molecule has 0 saturated carbocycles. The number of hydrogen-bond donors (Lipinski definition) is 1. The van der Waals surface area contributed by atoms with Crippen LogP contribution in [-0.4, -0.2) is 28.6 Å². The average Bonchev–Trinajstić information content (AvgIpc) is 2.68. The van der Waals surface area contributed by atoms with Crippen LogP contribution in [0.2, 0.25) is 0 Å². The number of aromatic nitrogens is 2. The Labute approximate surface area is 97.1 Å². The molecule has 1 N–H and O–H groups in total. The Morgan fingerprint density at radius 2 is 1.94 bits per heavy atom. The summed E-state index contributed by atoms with van der Waals surface area (Å²) in [7, 11) is 0. The van der Waals surface area contributed by atoms with Gasteiger partial charge in [0, 0.05) is 24.8 Å². The molecule has 4 nitrogen and oxygen atoms in total. The molecule has 0 spiro atoms. The maximum atomic E-state index is 4.54. The van der Waals surface area contributed by atoms with Gasteiger partial charge in [0.15, 0.2) is 0 Å². The minimum absolute atomic E-state index is 0.00360. The summed E-state index contributed by atoms with van der Waals surface area (Å²) in [4.78, 5) is 11.1. The second kappa shape index (κ2) is 4.28. The summed E-state index contributed by atoms with van der Waals surface area (Å²) in [6, 6.07) is 1.99. The van der Waals surface area contributed by atoms with Crippen LogP contribution in [0.3, 0.4) is 0 Å². The highest BCUT2D eigenvalue weighted by atomic mass is 15.2. The molecule has 0 aliphatic carbocycles. The molecule has 16 heavy (non-hydrogen) atoms. The number of anilines is 2. The fourth-order valence-corrected chi connectivity index (χ4v) is 1.87. The first kappa shape index (κ1) is 11.2. The van der Waals surface area contributed by atoms with E-state index < -0.39 is 0 Å². The van der Waals surface area contributed by atoms with Gasteiger partial charge in [0.05, 0.1) is 0 Å². The van der Waals surface area contributed by atoms with Gasteiger partial charge in [-0.2, -0.15) is 4.98 Å². The van der Waals surface area contributed by atoms with Gasteiger partial charge in [-0.05, 0) is 39.7 Å². The van der Waals surface area contributed by atoms with E-state index in [1.165, 1.54) is 12.8 Å². The lowest BCUT2D eigenvalue weighted by atomic mass is 10.1. The molecule has 2 rings (SSSR count). The molecule has 0 bridgehead atoms. The molecular weight excluding hydrogens is 200 g/mol. The van der Waals surface area contributed by atoms with Gasteiger partial charge >= 0.3 is 0 Å². The maximum Gasteiger partial charge on any atom is 0.225 e. The Morgan fingerprint density at radius 3 is 2.56 bits per heavy atom. The quantitative estimate of drug-likeness (QED) is 0.830. The fraction of sp³-hybridized carbons (Fsp3) is 0.667. The molecule has 0 radical (unpaired) electrons. The summed E-state index contributed by atoms with van der Waals surface area (Å²) in [6.07, 6.45) is 4.37. The maximum absolute atomic E-state index is 4.54. The number of nitrogens with zero attached hydrogens (tertiary/aromatic N) is 3. The van der Waals surface area contributed by atoms with Crippen molar-refractivity contribution in [3.05, 3.63) is 12.3 Å². The first-order chi connectivity index (χ1) is 7.54. The average molecular weight is 220 g/mol. The van der Waals surface area contributed by atoms with Crippen molar-refractivity contribution < 1.29 is 0 Å². The van der Waals surface area contributed by atoms with Gasteiger partial charge in [-0.1, -0.05) is 0 Å². The lowest BCUT2D eigenvalue weighted by Crippen LogP contribution is -2.28. The van der Waals surface area contributed by atoms with E-state index in [4.69, 9.17) is 0 Å². The van der Waals surface area contributed by atoms with E-state index in [2.05, 4.69) is 41.0 Å². The van der Waals surface area contributed by atoms with E-state index in [1.807, 2.05) is 12.3 Å². The van der Waals surface area contributed by atoms with Gasteiger partial charge < -0.3 is 10.2 Å². The summed E-state index contributed by atoms with van der Waals surface area (Å²) in [6.45, 7) is 8.56. The van der Waals surface area contributed by atoms with Gasteiger partial charge in [-0.3, -0.25) is 0 Å². The first-order valence-electron chi connectivity index (χ1n) is 5.91. The van der Waals surface area contributed by atoms with Crippen molar-refractivity contribution in [1.29, 1.82) is 0 Å². The molecule has 0 atom stereocenters. The Morgan fingerprint density at radius 1 is 1.25 bits per heavy atom. The first-order valence-corrected chi connectivity index (χ1v) is 5.91. The Bertz CT molecular complexity index is 350. The van der Waals surface area contributed by atoms with Crippen molar-refractivity contribution in [2.45, 2.75) is 39.2 Å². The largest absolute Gasteiger partial charge is 0.356 e. The number of hydrogen-bond acceptors (Lipinski definition) is 4. The van der Waals surface area contributed by atoms with Crippen molar-refractivity contribution in [2.75, 3.05) is 23.3 Å². The van der Waals surface area contributed by atoms with Gasteiger partial charge in [0.1, 0.15) is 5.82 Å². The fourth-order valence-electron chi connectivity index (χ4n) is 1.87. The molecule has 1 aromatic heterocycles. The zero-order valence-corrected chi connectivity index (χ0v) is 10.3. The molecule has 0 amide bonds. The van der Waals surface area contributed by atoms with E-state index in [1.54, 1.807) is 0 Å². The van der Waals surface area contributed by atoms with Gasteiger partial charge in [0.25, 0.3) is 0 Å². The number of nitrogens with one attached hydrogen (secondary N) is 1. The minimum atomic E-state index is 0.00360. The van der Waals surface area contributed by atoms with Crippen LogP contribution in [-0.2, 0) is 0 Å². The third-order valence-corrected chi connectivity index (χ3v) is 2.56. The van der Waals surface area contributed by atoms with Crippen LogP contribution in [0.1, 0.15) is 33.6 Å². The minimum Gasteiger partial charge on any atom is -0.356 e. The molecule has 88 valence electrons. The SMILES string of the molecule is CC(C)(C)Nc1nccc(N2CCCC2)n1. The summed E-state index contributed by atoms with van der Waals surface area (Å²) in [5.41, 5.74) is 0.00360. The highest BCUT2D eigenvalue weighted by Gasteiger charge is 2.15. The van der Waals surface area contributed by atoms with Crippen LogP contribution in [0, 0.1) is 0 Å². The number of rotatable bonds is 2. The summed E-state index contributed by atoms with van der Waals surface area (Å²) < 4.78 is 0. The smallest absolute Gasteiger partial charge is 0.225 e. The molecule has 1 aliphatic rings. The monoisotopic (exact) mass is 220 g/mol. The van der Waals surface area contributed by atoms with Crippen molar-refractivity contribution in [2.24, 2.45) is 0 Å². The van der Waals surface area contributed by atoms with Crippen molar-refractivity contribution in [1.82, 2.24) is 9.97 Å². The zero-order valence-electron chi connectivity index (χ0n) is 10.3. The van der Waals surface area contributed by atoms with Gasteiger partial charge in [-0.25, -0.2) is 4.98 Å². The summed E-state index contributed by atoms with van der Waals surface area (Å²) >= 11 is 0. The molecule has 1 fully saturated rings. The van der Waals surface area contributed by atoms with E-state index in [0.29, 0.717) is 0 Å². The van der Waals surface area contributed by atoms with Crippen LogP contribution in [0.15, 0.2) is 12.3 Å². The highest BCUT2D eigenvalue weighted by Crippen LogP contribution is 2.19. The second-order valence-corrected chi connectivity index (χ2v) is 5.31. The molecule has 4 heteroatoms. The van der Waals surface area contributed by atoms with Crippen LogP contribution in [0.5, 0.6) is 0 Å². The topological polar surface area (TPSA) is 41.1 Å². The van der Waals surface area contributed by atoms with Crippen LogP contribution in [0.25, 0.3) is 0 Å². The van der Waals surface area contributed by atoms with Gasteiger partial charge in [0.2, 0.25) is 5.95 Å². The normalized spacial score (nSPS) is 16.6. The zero-order chi connectivity index (χ0) is 11.6. The molecule has 0 aromatic carbocycles. The second-order valence-electron chi connectivity index (χ2n) is 5.31. The Kier molecular flexibility index (Phi) is 2.99. The highest BCUT2D eigenvalue weighted by molar-refractivity contribution is 5.43. The third kappa shape index (κ3) is 2.84. The predicted molar refractivity (Wildman–Crippen MR) is 66.9 cm³/mol. The van der Waals surface area contributed by atoms with Crippen LogP contribution in [0.4, 0.5) is 11.8 Å². The Balaban J connectivity index is 2.12. The van der Waals surface area contributed by atoms with Crippen molar-refractivity contribution >= 4 is 11.8 Å². The van der Waals surface area contributed by atoms with Crippen molar-refractivity contribution in [3.63, 3.8) is 0 Å². The third-order valence-electron chi connectivity index (χ3n) is 2.56. The molecule has 0 unspecified atom stereocenters. The molecular formula is C12H20N4. The predicted octanol–water partition coefficient (Wildman–Crippen LogP) is 2.29. The summed E-state index contributed by atoms with van der Waals surface area (Å²) in [5, 5.41) is 3.30.